The lowest BCUT2D eigenvalue weighted by Crippen LogP contribution is -2.41. The summed E-state index contributed by atoms with van der Waals surface area (Å²) in [6.45, 7) is 3.48. The molecule has 0 atom stereocenters. The fourth-order valence-electron chi connectivity index (χ4n) is 2.06. The molecule has 2 amide bonds. The molecule has 3 N–H and O–H groups in total. The van der Waals surface area contributed by atoms with Gasteiger partial charge in [-0.25, -0.2) is 13.1 Å². The van der Waals surface area contributed by atoms with Crippen molar-refractivity contribution in [1.82, 2.24) is 15.6 Å². The van der Waals surface area contributed by atoms with Gasteiger partial charge in [0, 0.05) is 29.8 Å². The van der Waals surface area contributed by atoms with E-state index in [0.29, 0.717) is 0 Å². The number of benzene rings is 2. The van der Waals surface area contributed by atoms with Crippen LogP contribution in [0.4, 0.5) is 5.69 Å². The number of nitro groups is 1. The molecule has 0 aliphatic carbocycles. The van der Waals surface area contributed by atoms with Crippen LogP contribution in [0.5, 0.6) is 0 Å². The Morgan fingerprint density at radius 2 is 1.64 bits per heavy atom. The molecule has 0 saturated heterocycles. The summed E-state index contributed by atoms with van der Waals surface area (Å²) in [5.74, 6) is -1.44. The molecule has 11 heteroatoms. The number of nitrogens with zero attached hydrogens (tertiary/aromatic N) is 1. The van der Waals surface area contributed by atoms with E-state index in [1.54, 1.807) is 0 Å². The van der Waals surface area contributed by atoms with Gasteiger partial charge in [0.15, 0.2) is 0 Å². The zero-order valence-electron chi connectivity index (χ0n) is 14.4. The van der Waals surface area contributed by atoms with Crippen LogP contribution < -0.4 is 15.6 Å². The van der Waals surface area contributed by atoms with Gasteiger partial charge in [-0.3, -0.25) is 30.6 Å². The first-order valence-electron chi connectivity index (χ1n) is 7.80. The Hall–Kier alpha value is -3.57. The zero-order valence-corrected chi connectivity index (χ0v) is 15.2. The molecule has 0 aliphatic rings. The molecule has 0 aliphatic heterocycles. The van der Waals surface area contributed by atoms with Crippen LogP contribution in [-0.2, 0) is 10.0 Å². The number of nitrogens with one attached hydrogen (secondary N) is 3. The molecule has 0 radical (unpaired) electrons. The SMILES string of the molecule is C=CCNS(=O)(=O)c1ccc(C(=O)NNC(=O)c2cccc([N+](=O)[O-])c2)cc1. The van der Waals surface area contributed by atoms with Crippen LogP contribution in [0.25, 0.3) is 0 Å². The minimum Gasteiger partial charge on any atom is -0.267 e. The molecular weight excluding hydrogens is 388 g/mol. The minimum absolute atomic E-state index is 0.00997. The van der Waals surface area contributed by atoms with E-state index in [4.69, 9.17) is 0 Å². The Morgan fingerprint density at radius 3 is 2.21 bits per heavy atom. The van der Waals surface area contributed by atoms with Gasteiger partial charge in [0.05, 0.1) is 9.82 Å². The van der Waals surface area contributed by atoms with Crippen LogP contribution in [0.1, 0.15) is 20.7 Å². The number of hydrazine groups is 1. The number of rotatable bonds is 7. The summed E-state index contributed by atoms with van der Waals surface area (Å²) in [5.41, 5.74) is 4.11. The van der Waals surface area contributed by atoms with E-state index in [9.17, 15) is 28.1 Å². The fraction of sp³-hybridized carbons (Fsp3) is 0.0588. The average Bonchev–Trinajstić information content (AvgIpc) is 2.70. The highest BCUT2D eigenvalue weighted by atomic mass is 32.2. The number of nitro benzene ring substituents is 1. The molecule has 0 aromatic heterocycles. The second-order valence-electron chi connectivity index (χ2n) is 5.38. The number of sulfonamides is 1. The zero-order chi connectivity index (χ0) is 20.7. The van der Waals surface area contributed by atoms with E-state index in [1.165, 1.54) is 48.5 Å². The predicted molar refractivity (Wildman–Crippen MR) is 99.9 cm³/mol. The van der Waals surface area contributed by atoms with Gasteiger partial charge in [-0.15, -0.1) is 6.58 Å². The highest BCUT2D eigenvalue weighted by molar-refractivity contribution is 7.89. The first-order valence-corrected chi connectivity index (χ1v) is 9.28. The standard InChI is InChI=1S/C17H16N4O6S/c1-2-10-18-28(26,27)15-8-6-12(7-9-15)16(22)19-20-17(23)13-4-3-5-14(11-13)21(24)25/h2-9,11,18H,1,10H2,(H,19,22)(H,20,23). The monoisotopic (exact) mass is 404 g/mol. The molecule has 2 aromatic carbocycles. The molecule has 10 nitrogen and oxygen atoms in total. The Morgan fingerprint density at radius 1 is 1.04 bits per heavy atom. The summed E-state index contributed by atoms with van der Waals surface area (Å²) in [6.07, 6.45) is 1.39. The molecule has 0 unspecified atom stereocenters. The van der Waals surface area contributed by atoms with Crippen molar-refractivity contribution in [2.24, 2.45) is 0 Å². The summed E-state index contributed by atoms with van der Waals surface area (Å²) < 4.78 is 26.2. The average molecular weight is 404 g/mol. The second-order valence-corrected chi connectivity index (χ2v) is 7.15. The topological polar surface area (TPSA) is 148 Å². The van der Waals surface area contributed by atoms with Gasteiger partial charge < -0.3 is 0 Å². The van der Waals surface area contributed by atoms with Crippen molar-refractivity contribution in [2.45, 2.75) is 4.90 Å². The lowest BCUT2D eigenvalue weighted by Gasteiger charge is -2.08. The maximum absolute atomic E-state index is 12.1. The van der Waals surface area contributed by atoms with Crippen LogP contribution in [0.15, 0.2) is 66.1 Å². The van der Waals surface area contributed by atoms with Crippen LogP contribution >= 0.6 is 0 Å². The molecule has 0 spiro atoms. The molecule has 0 bridgehead atoms. The fourth-order valence-corrected chi connectivity index (χ4v) is 3.05. The van der Waals surface area contributed by atoms with Gasteiger partial charge >= 0.3 is 0 Å². The lowest BCUT2D eigenvalue weighted by molar-refractivity contribution is -0.384. The molecular formula is C17H16N4O6S. The van der Waals surface area contributed by atoms with Crippen molar-refractivity contribution in [1.29, 1.82) is 0 Å². The maximum atomic E-state index is 12.1. The predicted octanol–water partition coefficient (Wildman–Crippen LogP) is 1.13. The second kappa shape index (κ2) is 8.88. The number of amides is 2. The molecule has 2 aromatic rings. The normalized spacial score (nSPS) is 10.7. The van der Waals surface area contributed by atoms with E-state index in [2.05, 4.69) is 22.2 Å². The van der Waals surface area contributed by atoms with Crippen molar-refractivity contribution in [3.63, 3.8) is 0 Å². The summed E-state index contributed by atoms with van der Waals surface area (Å²) in [7, 11) is -3.72. The van der Waals surface area contributed by atoms with E-state index in [0.717, 1.165) is 6.07 Å². The van der Waals surface area contributed by atoms with Gasteiger partial charge in [0.1, 0.15) is 0 Å². The smallest absolute Gasteiger partial charge is 0.267 e. The maximum Gasteiger partial charge on any atom is 0.270 e. The number of carbonyl (C=O) groups is 2. The molecule has 0 heterocycles. The molecule has 146 valence electrons. The molecule has 0 fully saturated rings. The van der Waals surface area contributed by atoms with Crippen molar-refractivity contribution < 1.29 is 22.9 Å². The number of non-ortho nitro benzene ring substituents is 1. The van der Waals surface area contributed by atoms with Gasteiger partial charge in [-0.2, -0.15) is 0 Å². The Bertz CT molecular complexity index is 1020. The van der Waals surface area contributed by atoms with E-state index < -0.39 is 26.8 Å². The van der Waals surface area contributed by atoms with Crippen molar-refractivity contribution in [3.8, 4) is 0 Å². The summed E-state index contributed by atoms with van der Waals surface area (Å²) in [4.78, 5) is 34.1. The Kier molecular flexibility index (Phi) is 6.58. The summed E-state index contributed by atoms with van der Waals surface area (Å²) in [5, 5.41) is 10.7. The highest BCUT2D eigenvalue weighted by Crippen LogP contribution is 2.13. The molecule has 2 rings (SSSR count). The third-order valence-corrected chi connectivity index (χ3v) is 4.89. The minimum atomic E-state index is -3.72. The third-order valence-electron chi connectivity index (χ3n) is 3.45. The van der Waals surface area contributed by atoms with Crippen LogP contribution in [0.3, 0.4) is 0 Å². The molecule has 0 saturated carbocycles. The van der Waals surface area contributed by atoms with Crippen LogP contribution in [0, 0.1) is 10.1 Å². The van der Waals surface area contributed by atoms with E-state index in [-0.39, 0.29) is 28.3 Å². The first-order chi connectivity index (χ1) is 13.2. The van der Waals surface area contributed by atoms with E-state index in [1.807, 2.05) is 0 Å². The van der Waals surface area contributed by atoms with Crippen molar-refractivity contribution in [3.05, 3.63) is 82.4 Å². The lowest BCUT2D eigenvalue weighted by atomic mass is 10.2. The van der Waals surface area contributed by atoms with Crippen LogP contribution in [-0.4, -0.2) is 31.7 Å². The summed E-state index contributed by atoms with van der Waals surface area (Å²) >= 11 is 0. The Labute approximate surface area is 160 Å². The van der Waals surface area contributed by atoms with Crippen molar-refractivity contribution >= 4 is 27.5 Å². The van der Waals surface area contributed by atoms with Gasteiger partial charge in [0.2, 0.25) is 10.0 Å². The highest BCUT2D eigenvalue weighted by Gasteiger charge is 2.15. The van der Waals surface area contributed by atoms with Gasteiger partial charge in [-0.05, 0) is 30.3 Å². The number of hydrogen-bond acceptors (Lipinski definition) is 6. The Balaban J connectivity index is 2.01. The largest absolute Gasteiger partial charge is 0.270 e. The van der Waals surface area contributed by atoms with Gasteiger partial charge in [0.25, 0.3) is 17.5 Å². The first kappa shape index (κ1) is 20.7. The van der Waals surface area contributed by atoms with E-state index >= 15 is 0 Å². The van der Waals surface area contributed by atoms with Gasteiger partial charge in [-0.1, -0.05) is 12.1 Å². The summed E-state index contributed by atoms with van der Waals surface area (Å²) in [6, 6.07) is 10.0. The number of carbonyl (C=O) groups excluding carboxylic acids is 2. The number of hydrogen-bond donors (Lipinski definition) is 3. The molecule has 28 heavy (non-hydrogen) atoms. The van der Waals surface area contributed by atoms with Crippen LogP contribution in [0.2, 0.25) is 0 Å². The van der Waals surface area contributed by atoms with Crippen molar-refractivity contribution in [2.75, 3.05) is 6.54 Å². The quantitative estimate of drug-likeness (QED) is 0.358. The third kappa shape index (κ3) is 5.22.